The smallest absolute Gasteiger partial charge is 0.258 e. The van der Waals surface area contributed by atoms with Crippen LogP contribution in [0, 0.1) is 5.92 Å². The van der Waals surface area contributed by atoms with Gasteiger partial charge in [-0.1, -0.05) is 25.1 Å². The molecule has 2 aromatic carbocycles. The van der Waals surface area contributed by atoms with E-state index in [1.807, 2.05) is 27.0 Å². The molecule has 0 unspecified atom stereocenters. The number of benzene rings is 2. The number of aliphatic hydroxyl groups is 1. The van der Waals surface area contributed by atoms with Crippen LogP contribution in [0.2, 0.25) is 0 Å². The summed E-state index contributed by atoms with van der Waals surface area (Å²) >= 11 is 0. The van der Waals surface area contributed by atoms with E-state index >= 15 is 0 Å². The summed E-state index contributed by atoms with van der Waals surface area (Å²) in [4.78, 5) is 28.4. The van der Waals surface area contributed by atoms with Crippen molar-refractivity contribution in [2.75, 3.05) is 38.7 Å². The van der Waals surface area contributed by atoms with Gasteiger partial charge in [0.15, 0.2) is 0 Å². The fourth-order valence-corrected chi connectivity index (χ4v) is 4.48. The maximum atomic E-state index is 14.0. The minimum atomic E-state index is -0.411. The zero-order chi connectivity index (χ0) is 26.8. The van der Waals surface area contributed by atoms with Gasteiger partial charge >= 0.3 is 0 Å². The van der Waals surface area contributed by atoms with Gasteiger partial charge in [-0.05, 0) is 70.5 Å². The summed E-state index contributed by atoms with van der Waals surface area (Å²) in [6, 6.07) is 13.7. The number of hydrogen-bond acceptors (Lipinski definition) is 6. The van der Waals surface area contributed by atoms with E-state index in [0.717, 1.165) is 19.3 Å². The van der Waals surface area contributed by atoms with Gasteiger partial charge in [0, 0.05) is 36.9 Å². The van der Waals surface area contributed by atoms with Gasteiger partial charge in [0.2, 0.25) is 0 Å². The molecule has 8 nitrogen and oxygen atoms in total. The number of hydrogen-bond donors (Lipinski definition) is 3. The first-order valence-electron chi connectivity index (χ1n) is 13.2. The van der Waals surface area contributed by atoms with E-state index in [1.165, 1.54) is 0 Å². The van der Waals surface area contributed by atoms with E-state index in [-0.39, 0.29) is 36.5 Å². The van der Waals surface area contributed by atoms with Crippen molar-refractivity contribution in [1.82, 2.24) is 10.2 Å². The van der Waals surface area contributed by atoms with Crippen LogP contribution in [0.15, 0.2) is 48.5 Å². The van der Waals surface area contributed by atoms with Gasteiger partial charge in [-0.15, -0.1) is 0 Å². The van der Waals surface area contributed by atoms with Crippen LogP contribution in [0.25, 0.3) is 0 Å². The SMILES string of the molecule is CNC[C@@H]1OCCCC[C@@H](C)Oc2ccc(NC(=O)c3ccccc3)cc2C(=O)N([C@@H](C)CO)C[C@@H]1C. The molecule has 202 valence electrons. The molecular formula is C29H41N3O5. The quantitative estimate of drug-likeness (QED) is 0.543. The average Bonchev–Trinajstić information content (AvgIpc) is 2.90. The standard InChI is InChI=1S/C29H41N3O5/c1-20-18-32(21(2)19-33)29(35)25-16-24(31-28(34)23-11-6-5-7-12-23)13-14-26(25)37-22(3)10-8-9-15-36-27(20)17-30-4/h5-7,11-14,16,20-22,27,30,33H,8-10,15,17-19H2,1-4H3,(H,31,34)/t20-,21-,22+,27-/m0/s1. The van der Waals surface area contributed by atoms with Crippen LogP contribution in [0.1, 0.15) is 60.7 Å². The summed E-state index contributed by atoms with van der Waals surface area (Å²) in [6.45, 7) is 7.43. The summed E-state index contributed by atoms with van der Waals surface area (Å²) in [7, 11) is 1.89. The number of nitrogens with one attached hydrogen (secondary N) is 2. The maximum Gasteiger partial charge on any atom is 0.258 e. The molecular weight excluding hydrogens is 470 g/mol. The van der Waals surface area contributed by atoms with Crippen molar-refractivity contribution in [3.05, 3.63) is 59.7 Å². The van der Waals surface area contributed by atoms with Crippen molar-refractivity contribution in [2.24, 2.45) is 5.92 Å². The first-order chi connectivity index (χ1) is 17.8. The molecule has 0 spiro atoms. The molecule has 1 heterocycles. The Balaban J connectivity index is 1.97. The average molecular weight is 512 g/mol. The normalized spacial score (nSPS) is 22.4. The van der Waals surface area contributed by atoms with Crippen LogP contribution in [0.5, 0.6) is 5.75 Å². The Bertz CT molecular complexity index is 1020. The topological polar surface area (TPSA) is 100 Å². The summed E-state index contributed by atoms with van der Waals surface area (Å²) in [5.74, 6) is -0.0215. The largest absolute Gasteiger partial charge is 0.490 e. The first-order valence-corrected chi connectivity index (χ1v) is 13.2. The number of rotatable bonds is 6. The molecule has 1 aliphatic rings. The van der Waals surface area contributed by atoms with Crippen molar-refractivity contribution in [1.29, 1.82) is 0 Å². The zero-order valence-corrected chi connectivity index (χ0v) is 22.4. The first kappa shape index (κ1) is 28.6. The van der Waals surface area contributed by atoms with Crippen LogP contribution in [-0.2, 0) is 4.74 Å². The summed E-state index contributed by atoms with van der Waals surface area (Å²) < 4.78 is 12.4. The lowest BCUT2D eigenvalue weighted by molar-refractivity contribution is -0.000452. The van der Waals surface area contributed by atoms with Gasteiger partial charge in [0.25, 0.3) is 11.8 Å². The number of anilines is 1. The van der Waals surface area contributed by atoms with Crippen LogP contribution >= 0.6 is 0 Å². The van der Waals surface area contributed by atoms with Gasteiger partial charge in [-0.3, -0.25) is 9.59 Å². The molecule has 3 N–H and O–H groups in total. The molecule has 0 radical (unpaired) electrons. The van der Waals surface area contributed by atoms with E-state index in [1.54, 1.807) is 47.4 Å². The molecule has 3 rings (SSSR count). The molecule has 2 aromatic rings. The number of amides is 2. The Hall–Kier alpha value is -2.94. The van der Waals surface area contributed by atoms with Crippen molar-refractivity contribution in [3.63, 3.8) is 0 Å². The molecule has 0 bridgehead atoms. The van der Waals surface area contributed by atoms with Crippen molar-refractivity contribution < 1.29 is 24.2 Å². The summed E-state index contributed by atoms with van der Waals surface area (Å²) in [5.41, 5.74) is 1.38. The third-order valence-corrected chi connectivity index (χ3v) is 6.75. The second-order valence-corrected chi connectivity index (χ2v) is 9.89. The number of likely N-dealkylation sites (N-methyl/N-ethyl adjacent to an activating group) is 1. The third kappa shape index (κ3) is 8.02. The number of nitrogens with zero attached hydrogens (tertiary/aromatic N) is 1. The highest BCUT2D eigenvalue weighted by atomic mass is 16.5. The second-order valence-electron chi connectivity index (χ2n) is 9.89. The molecule has 2 amide bonds. The van der Waals surface area contributed by atoms with Crippen LogP contribution in [-0.4, -0.2) is 73.4 Å². The molecule has 0 aliphatic carbocycles. The number of carbonyl (C=O) groups excluding carboxylic acids is 2. The van der Waals surface area contributed by atoms with E-state index in [4.69, 9.17) is 9.47 Å². The van der Waals surface area contributed by atoms with E-state index in [0.29, 0.717) is 42.3 Å². The molecule has 37 heavy (non-hydrogen) atoms. The van der Waals surface area contributed by atoms with E-state index in [9.17, 15) is 14.7 Å². The Labute approximate surface area is 220 Å². The lowest BCUT2D eigenvalue weighted by Crippen LogP contribution is -2.47. The highest BCUT2D eigenvalue weighted by Gasteiger charge is 2.29. The maximum absolute atomic E-state index is 14.0. The predicted octanol–water partition coefficient (Wildman–Crippen LogP) is 3.95. The Morgan fingerprint density at radius 3 is 2.62 bits per heavy atom. The minimum absolute atomic E-state index is 0.0256. The van der Waals surface area contributed by atoms with Gasteiger partial charge < -0.3 is 30.1 Å². The van der Waals surface area contributed by atoms with Crippen molar-refractivity contribution >= 4 is 17.5 Å². The monoisotopic (exact) mass is 511 g/mol. The van der Waals surface area contributed by atoms with Crippen molar-refractivity contribution in [2.45, 2.75) is 58.3 Å². The van der Waals surface area contributed by atoms with Gasteiger partial charge in [0.05, 0.1) is 30.4 Å². The fraction of sp³-hybridized carbons (Fsp3) is 0.517. The van der Waals surface area contributed by atoms with E-state index < -0.39 is 6.04 Å². The third-order valence-electron chi connectivity index (χ3n) is 6.75. The molecule has 0 saturated carbocycles. The number of aliphatic hydroxyl groups excluding tert-OH is 1. The molecule has 0 saturated heterocycles. The van der Waals surface area contributed by atoms with Crippen LogP contribution in [0.3, 0.4) is 0 Å². The minimum Gasteiger partial charge on any atom is -0.490 e. The lowest BCUT2D eigenvalue weighted by atomic mass is 10.0. The molecule has 0 aromatic heterocycles. The Kier molecular flexibility index (Phi) is 10.9. The van der Waals surface area contributed by atoms with E-state index in [2.05, 4.69) is 17.6 Å². The predicted molar refractivity (Wildman–Crippen MR) is 145 cm³/mol. The second kappa shape index (κ2) is 14.1. The summed E-state index contributed by atoms with van der Waals surface area (Å²) in [6.07, 6.45) is 2.53. The van der Waals surface area contributed by atoms with Crippen molar-refractivity contribution in [3.8, 4) is 5.75 Å². The molecule has 1 aliphatic heterocycles. The molecule has 8 heteroatoms. The number of carbonyl (C=O) groups is 2. The Morgan fingerprint density at radius 2 is 1.92 bits per heavy atom. The fourth-order valence-electron chi connectivity index (χ4n) is 4.48. The zero-order valence-electron chi connectivity index (χ0n) is 22.4. The summed E-state index contributed by atoms with van der Waals surface area (Å²) in [5, 5.41) is 16.1. The van der Waals surface area contributed by atoms with Crippen LogP contribution < -0.4 is 15.4 Å². The van der Waals surface area contributed by atoms with Gasteiger partial charge in [-0.2, -0.15) is 0 Å². The molecule has 0 fully saturated rings. The van der Waals surface area contributed by atoms with Crippen LogP contribution in [0.4, 0.5) is 5.69 Å². The highest BCUT2D eigenvalue weighted by molar-refractivity contribution is 6.05. The number of ether oxygens (including phenoxy) is 2. The number of fused-ring (bicyclic) bond motifs is 1. The van der Waals surface area contributed by atoms with Gasteiger partial charge in [-0.25, -0.2) is 0 Å². The lowest BCUT2D eigenvalue weighted by Gasteiger charge is -2.34. The Morgan fingerprint density at radius 1 is 1.16 bits per heavy atom. The van der Waals surface area contributed by atoms with Gasteiger partial charge in [0.1, 0.15) is 5.75 Å². The highest BCUT2D eigenvalue weighted by Crippen LogP contribution is 2.28. The molecule has 4 atom stereocenters.